The Bertz CT molecular complexity index is 1890. The molecule has 15 heteroatoms. The number of amides is 2. The maximum atomic E-state index is 13.8. The van der Waals surface area contributed by atoms with Crippen molar-refractivity contribution in [3.63, 3.8) is 0 Å². The van der Waals surface area contributed by atoms with Crippen molar-refractivity contribution < 1.29 is 47.7 Å². The second kappa shape index (κ2) is 21.9. The molecule has 0 spiro atoms. The smallest absolute Gasteiger partial charge is 0.347 e. The van der Waals surface area contributed by atoms with Gasteiger partial charge in [-0.3, -0.25) is 29.0 Å². The maximum Gasteiger partial charge on any atom is 0.347 e. The van der Waals surface area contributed by atoms with E-state index >= 15 is 0 Å². The Hall–Kier alpha value is -4.76. The van der Waals surface area contributed by atoms with E-state index < -0.39 is 47.4 Å². The molecule has 2 aromatic rings. The largest absolute Gasteiger partial charge is 0.495 e. The van der Waals surface area contributed by atoms with E-state index in [1.165, 1.54) is 13.2 Å². The third-order valence-electron chi connectivity index (χ3n) is 11.2. The summed E-state index contributed by atoms with van der Waals surface area (Å²) < 4.78 is 28.6. The summed E-state index contributed by atoms with van der Waals surface area (Å²) in [6.07, 6.45) is 2.59. The molecule has 0 saturated carbocycles. The first-order valence-electron chi connectivity index (χ1n) is 21.0. The highest BCUT2D eigenvalue weighted by Crippen LogP contribution is 2.45. The summed E-state index contributed by atoms with van der Waals surface area (Å²) in [5.74, 6) is -2.47. The van der Waals surface area contributed by atoms with Gasteiger partial charge in [-0.05, 0) is 61.1 Å². The van der Waals surface area contributed by atoms with Crippen molar-refractivity contribution >= 4 is 41.3 Å². The van der Waals surface area contributed by atoms with Crippen LogP contribution in [0.2, 0.25) is 5.02 Å². The Balaban J connectivity index is 1.27. The first kappa shape index (κ1) is 47.3. The molecule has 0 radical (unpaired) electrons. The van der Waals surface area contributed by atoms with Crippen LogP contribution in [0.3, 0.4) is 0 Å². The molecular weight excluding hydrogens is 804 g/mol. The van der Waals surface area contributed by atoms with Crippen molar-refractivity contribution in [2.75, 3.05) is 53.0 Å². The number of benzene rings is 2. The summed E-state index contributed by atoms with van der Waals surface area (Å²) in [4.78, 5) is 70.9. The van der Waals surface area contributed by atoms with Crippen molar-refractivity contribution in [2.24, 2.45) is 17.3 Å². The number of hydrogen-bond acceptors (Lipinski definition) is 12. The molecule has 6 atom stereocenters. The summed E-state index contributed by atoms with van der Waals surface area (Å²) >= 11 is 6.36. The Labute approximate surface area is 364 Å². The van der Waals surface area contributed by atoms with Crippen LogP contribution < -0.4 is 15.4 Å². The number of ether oxygens (including phenoxy) is 5. The molecule has 2 saturated heterocycles. The number of epoxide rings is 1. The van der Waals surface area contributed by atoms with Crippen molar-refractivity contribution in [1.82, 2.24) is 20.4 Å². The lowest BCUT2D eigenvalue weighted by molar-refractivity contribution is -0.179. The van der Waals surface area contributed by atoms with Crippen LogP contribution in [-0.2, 0) is 55.9 Å². The van der Waals surface area contributed by atoms with Gasteiger partial charge in [0.05, 0.1) is 30.2 Å². The number of esters is 3. The van der Waals surface area contributed by atoms with Crippen LogP contribution in [0.1, 0.15) is 70.3 Å². The fourth-order valence-electron chi connectivity index (χ4n) is 7.38. The first-order chi connectivity index (χ1) is 29.1. The van der Waals surface area contributed by atoms with Gasteiger partial charge >= 0.3 is 17.9 Å². The highest BCUT2D eigenvalue weighted by atomic mass is 35.5. The molecule has 332 valence electrons. The monoisotopic (exact) mass is 864 g/mol. The topological polar surface area (TPSA) is 165 Å². The molecule has 61 heavy (non-hydrogen) atoms. The van der Waals surface area contributed by atoms with Crippen LogP contribution >= 0.6 is 11.6 Å². The van der Waals surface area contributed by atoms with E-state index in [9.17, 15) is 24.0 Å². The van der Waals surface area contributed by atoms with Gasteiger partial charge in [0, 0.05) is 58.0 Å². The second-order valence-electron chi connectivity index (χ2n) is 17.1. The fraction of sp³-hybridized carbons (Fsp3) is 0.543. The van der Waals surface area contributed by atoms with Gasteiger partial charge in [-0.15, -0.1) is 0 Å². The van der Waals surface area contributed by atoms with Crippen LogP contribution in [0.4, 0.5) is 0 Å². The zero-order valence-corrected chi connectivity index (χ0v) is 36.9. The number of halogens is 1. The number of nitrogens with zero attached hydrogens (tertiary/aromatic N) is 2. The molecule has 0 bridgehead atoms. The van der Waals surface area contributed by atoms with Gasteiger partial charge in [0.15, 0.2) is 6.10 Å². The number of carbonyl (C=O) groups is 5. The molecule has 0 aliphatic carbocycles. The van der Waals surface area contributed by atoms with Gasteiger partial charge < -0.3 is 34.3 Å². The molecule has 2 aromatic carbocycles. The van der Waals surface area contributed by atoms with Crippen LogP contribution in [0.5, 0.6) is 5.75 Å². The normalized spacial score (nSPS) is 25.3. The summed E-state index contributed by atoms with van der Waals surface area (Å²) in [6.45, 7) is 17.0. The highest BCUT2D eigenvalue weighted by molar-refractivity contribution is 6.32. The minimum Gasteiger partial charge on any atom is -0.495 e. The van der Waals surface area contributed by atoms with E-state index in [1.54, 1.807) is 44.2 Å². The number of carbonyl (C=O) groups excluding carboxylic acids is 5. The third-order valence-corrected chi connectivity index (χ3v) is 11.5. The van der Waals surface area contributed by atoms with Gasteiger partial charge in [-0.25, -0.2) is 4.79 Å². The van der Waals surface area contributed by atoms with E-state index in [1.807, 2.05) is 20.8 Å². The Morgan fingerprint density at radius 1 is 1.00 bits per heavy atom. The third kappa shape index (κ3) is 13.9. The Kier molecular flexibility index (Phi) is 16.9. The number of cyclic esters (lactones) is 2. The van der Waals surface area contributed by atoms with Crippen LogP contribution in [0.15, 0.2) is 67.3 Å². The molecule has 14 nitrogen and oxygen atoms in total. The SMILES string of the molecule is C=CCOC(=O)CN1CCN(Cc2ccc([C@H]3O[C@H]3[C@@H](C)[C@@H]3C/C=C/C(=O)N[C@H](Cc4ccc(OC)c(Cl)c4)C(=O)NCC(C)(C)C(=O)O[C@@H](CC(C)C)C(=O)O3)cc2)CC1. The molecule has 2 N–H and O–H groups in total. The molecule has 0 aromatic heterocycles. The van der Waals surface area contributed by atoms with Crippen molar-refractivity contribution in [3.8, 4) is 5.75 Å². The van der Waals surface area contributed by atoms with Gasteiger partial charge in [0.2, 0.25) is 11.8 Å². The van der Waals surface area contributed by atoms with Gasteiger partial charge in [0.25, 0.3) is 0 Å². The predicted molar refractivity (Wildman–Crippen MR) is 229 cm³/mol. The van der Waals surface area contributed by atoms with Crippen LogP contribution in [0, 0.1) is 17.3 Å². The zero-order valence-electron chi connectivity index (χ0n) is 36.2. The standard InChI is InChI=1S/C46H61ClN4O10/c1-8-22-58-40(53)27-51-20-18-50(19-21-51)26-31-12-15-33(16-13-31)42-41(61-42)30(4)36-10-9-11-39(52)49-35(25-32-14-17-37(57-7)34(47)24-32)43(54)48-28-46(5,6)45(56)60-38(23-29(2)3)44(55)59-36/h8-9,11-17,24,29-30,35-36,38,41-42H,1,10,18-23,25-28H2,2-7H3,(H,48,54)(H,49,52)/b11-9+/t30-,35+,36-,38-,41-,42+/m0/s1. The quantitative estimate of drug-likeness (QED) is 0.114. The molecule has 3 heterocycles. The minimum atomic E-state index is -1.23. The van der Waals surface area contributed by atoms with Gasteiger partial charge in [0.1, 0.15) is 30.6 Å². The van der Waals surface area contributed by atoms with E-state index in [0.717, 1.165) is 43.9 Å². The molecule has 2 amide bonds. The predicted octanol–water partition coefficient (Wildman–Crippen LogP) is 4.97. The highest BCUT2D eigenvalue weighted by Gasteiger charge is 2.48. The maximum absolute atomic E-state index is 13.8. The first-order valence-corrected chi connectivity index (χ1v) is 21.4. The molecule has 0 unspecified atom stereocenters. The molecule has 3 aliphatic heterocycles. The Morgan fingerprint density at radius 3 is 2.34 bits per heavy atom. The van der Waals surface area contributed by atoms with Crippen molar-refractivity contribution in [3.05, 3.63) is 89.0 Å². The van der Waals surface area contributed by atoms with E-state index in [0.29, 0.717) is 16.3 Å². The number of rotatable bonds is 14. The average Bonchev–Trinajstić information content (AvgIpc) is 4.03. The molecule has 2 fully saturated rings. The van der Waals surface area contributed by atoms with Crippen LogP contribution in [-0.4, -0.2) is 117 Å². The summed E-state index contributed by atoms with van der Waals surface area (Å²) in [6, 6.07) is 12.4. The van der Waals surface area contributed by atoms with Crippen molar-refractivity contribution in [2.45, 2.75) is 90.9 Å². The second-order valence-corrected chi connectivity index (χ2v) is 17.5. The lowest BCUT2D eigenvalue weighted by atomic mass is 9.92. The van der Waals surface area contributed by atoms with Gasteiger partial charge in [-0.1, -0.05) is 81.4 Å². The summed E-state index contributed by atoms with van der Waals surface area (Å²) in [5, 5.41) is 5.93. The Morgan fingerprint density at radius 2 is 1.69 bits per heavy atom. The lowest BCUT2D eigenvalue weighted by Gasteiger charge is -2.34. The molecule has 3 aliphatic rings. The zero-order chi connectivity index (χ0) is 44.3. The van der Waals surface area contributed by atoms with E-state index in [4.69, 9.17) is 35.3 Å². The van der Waals surface area contributed by atoms with Crippen molar-refractivity contribution in [1.29, 1.82) is 0 Å². The molecular formula is C46H61ClN4O10. The minimum absolute atomic E-state index is 0.00707. The molecule has 5 rings (SSSR count). The fourth-order valence-corrected chi connectivity index (χ4v) is 7.66. The number of piperazine rings is 1. The number of nitrogens with one attached hydrogen (secondary N) is 2. The summed E-state index contributed by atoms with van der Waals surface area (Å²) in [5.41, 5.74) is 1.61. The lowest BCUT2D eigenvalue weighted by Crippen LogP contribution is -2.51. The average molecular weight is 865 g/mol. The van der Waals surface area contributed by atoms with E-state index in [2.05, 4.69) is 51.3 Å². The van der Waals surface area contributed by atoms with Crippen LogP contribution in [0.25, 0.3) is 0 Å². The van der Waals surface area contributed by atoms with Gasteiger partial charge in [-0.2, -0.15) is 0 Å². The number of methoxy groups -OCH3 is 1. The van der Waals surface area contributed by atoms with E-state index in [-0.39, 0.29) is 69.0 Å². The summed E-state index contributed by atoms with van der Waals surface area (Å²) in [7, 11) is 1.50. The number of hydrogen-bond donors (Lipinski definition) is 2.